The third-order valence-electron chi connectivity index (χ3n) is 14.2. The average Bonchev–Trinajstić information content (AvgIpc) is 3.32. The molecule has 4 aliphatic rings. The molecule has 4 aliphatic heterocycles. The molecule has 0 fully saturated rings. The number of anilines is 3. The average molecular weight is 778 g/mol. The van der Waals surface area contributed by atoms with Crippen LogP contribution < -0.4 is 79.2 Å². The zero-order valence-corrected chi connectivity index (χ0v) is 34.5. The molecule has 0 aliphatic carbocycles. The molecule has 9 aromatic carbocycles. The van der Waals surface area contributed by atoms with Crippen LogP contribution in [-0.4, -0.2) is 29.6 Å². The van der Waals surface area contributed by atoms with Crippen LogP contribution in [0.2, 0.25) is 0 Å². The van der Waals surface area contributed by atoms with E-state index in [1.165, 1.54) is 91.3 Å². The van der Waals surface area contributed by atoms with Crippen LogP contribution in [0.3, 0.4) is 0 Å². The minimum absolute atomic E-state index is 0.113. The Bertz CT molecular complexity index is 2850. The number of nitrogens with zero attached hydrogens (tertiary/aromatic N) is 1. The molecule has 0 amide bonds. The number of fused-ring (bicyclic) bond motifs is 8. The van der Waals surface area contributed by atoms with E-state index in [0.717, 1.165) is 0 Å². The fourth-order valence-electron chi connectivity index (χ4n) is 12.2. The van der Waals surface area contributed by atoms with Gasteiger partial charge in [-0.05, 0) is 75.5 Å². The Kier molecular flexibility index (Phi) is 7.02. The fourth-order valence-corrected chi connectivity index (χ4v) is 22.8. The summed E-state index contributed by atoms with van der Waals surface area (Å²) in [6.07, 6.45) is 0. The van der Waals surface area contributed by atoms with Gasteiger partial charge in [0.05, 0.1) is 0 Å². The molecule has 1 nitrogen and oxygen atoms in total. The van der Waals surface area contributed by atoms with Crippen molar-refractivity contribution in [2.45, 2.75) is 0 Å². The third kappa shape index (κ3) is 4.16. The monoisotopic (exact) mass is 777 g/mol. The second-order valence-electron chi connectivity index (χ2n) is 16.6. The van der Waals surface area contributed by atoms with Crippen LogP contribution in [-0.2, 0) is 0 Å². The van der Waals surface area contributed by atoms with E-state index < -0.39 is 16.1 Å². The number of para-hydroxylation sites is 1. The van der Waals surface area contributed by atoms with E-state index in [9.17, 15) is 0 Å². The normalized spacial score (nSPS) is 15.3. The zero-order chi connectivity index (χ0) is 38.7. The second-order valence-corrected chi connectivity index (χ2v) is 24.1. The Balaban J connectivity index is 1.17. The molecule has 5 heteroatoms. The molecule has 0 radical (unpaired) electrons. The van der Waals surface area contributed by atoms with Gasteiger partial charge in [-0.1, -0.05) is 223 Å². The number of hydrogen-bond donors (Lipinski definition) is 0. The molecular formula is C54H37B2NSi2. The molecule has 0 aromatic heterocycles. The van der Waals surface area contributed by atoms with Crippen LogP contribution in [0.4, 0.5) is 17.1 Å². The van der Waals surface area contributed by atoms with Crippen molar-refractivity contribution in [1.29, 1.82) is 0 Å². The summed E-state index contributed by atoms with van der Waals surface area (Å²) in [5.74, 6) is 0. The van der Waals surface area contributed by atoms with Crippen molar-refractivity contribution in [3.63, 3.8) is 0 Å². The van der Waals surface area contributed by atoms with Gasteiger partial charge in [0.1, 0.15) is 0 Å². The van der Waals surface area contributed by atoms with Gasteiger partial charge in [0.25, 0.3) is 0 Å². The predicted octanol–water partition coefficient (Wildman–Crippen LogP) is 2.20. The summed E-state index contributed by atoms with van der Waals surface area (Å²) in [4.78, 5) is 2.71. The number of hydrogen-bond acceptors (Lipinski definition) is 1. The first-order valence-electron chi connectivity index (χ1n) is 20.9. The van der Waals surface area contributed by atoms with Gasteiger partial charge in [0, 0.05) is 17.1 Å². The molecule has 0 atom stereocenters. The Morgan fingerprint density at radius 2 is 0.576 bits per heavy atom. The first-order chi connectivity index (χ1) is 29.3. The summed E-state index contributed by atoms with van der Waals surface area (Å²) in [7, 11) is -5.56. The lowest BCUT2D eigenvalue weighted by Gasteiger charge is -2.51. The zero-order valence-electron chi connectivity index (χ0n) is 32.5. The summed E-state index contributed by atoms with van der Waals surface area (Å²) >= 11 is 0. The van der Waals surface area contributed by atoms with Gasteiger partial charge in [0.2, 0.25) is 13.4 Å². The highest BCUT2D eigenvalue weighted by molar-refractivity contribution is 7.28. The SMILES string of the molecule is c1ccc([Si]2(c3ccccc3)c3ccccc3B3c4cccc5c4N(c4cccc2c43)c2cccc3c2B5c2ccccc2[Si]3(c2ccccc2)c2ccccc2)cc1. The summed E-state index contributed by atoms with van der Waals surface area (Å²) in [5, 5.41) is 11.7. The fraction of sp³-hybridized carbons (Fsp3) is 0. The van der Waals surface area contributed by atoms with E-state index >= 15 is 0 Å². The topological polar surface area (TPSA) is 3.24 Å². The van der Waals surface area contributed by atoms with Crippen molar-refractivity contribution in [2.24, 2.45) is 0 Å². The predicted molar refractivity (Wildman–Crippen MR) is 258 cm³/mol. The van der Waals surface area contributed by atoms with E-state index in [-0.39, 0.29) is 13.4 Å². The van der Waals surface area contributed by atoms with Crippen molar-refractivity contribution < 1.29 is 0 Å². The summed E-state index contributed by atoms with van der Waals surface area (Å²) in [5.41, 5.74) is 12.7. The van der Waals surface area contributed by atoms with Gasteiger partial charge < -0.3 is 4.90 Å². The standard InChI is InChI=1S/C54H37B2NSi2/c1-5-20-38(21-6-1)58(39-22-7-2-8-23-39)48-34-15-13-28-42(48)55-44-30-17-31-45-54(44)57(46-32-18-36-50(58)52(46)55)47-33-19-37-51-53(47)56(45)43-29-14-16-35-49(43)59(51,40-24-9-3-10-25-40)41-26-11-4-12-27-41/h1-37H. The van der Waals surface area contributed by atoms with Gasteiger partial charge in [-0.2, -0.15) is 0 Å². The van der Waals surface area contributed by atoms with Crippen LogP contribution >= 0.6 is 0 Å². The Labute approximate surface area is 348 Å². The van der Waals surface area contributed by atoms with E-state index in [4.69, 9.17) is 0 Å². The molecule has 59 heavy (non-hydrogen) atoms. The molecule has 0 unspecified atom stereocenters. The smallest absolute Gasteiger partial charge is 0.246 e. The number of rotatable bonds is 4. The van der Waals surface area contributed by atoms with E-state index in [1.807, 2.05) is 0 Å². The van der Waals surface area contributed by atoms with Crippen LogP contribution in [0.5, 0.6) is 0 Å². The largest absolute Gasteiger partial charge is 0.313 e. The van der Waals surface area contributed by atoms with E-state index in [0.29, 0.717) is 0 Å². The highest BCUT2D eigenvalue weighted by atomic mass is 28.3. The Morgan fingerprint density at radius 3 is 0.966 bits per heavy atom. The summed E-state index contributed by atoms with van der Waals surface area (Å²) < 4.78 is 0. The molecule has 0 saturated heterocycles. The Morgan fingerprint density at radius 1 is 0.271 bits per heavy atom. The quantitative estimate of drug-likeness (QED) is 0.248. The number of benzene rings is 9. The molecule has 0 N–H and O–H groups in total. The molecule has 0 spiro atoms. The molecule has 13 rings (SSSR count). The summed E-state index contributed by atoms with van der Waals surface area (Å²) in [6.45, 7) is 0.227. The maximum absolute atomic E-state index is 2.78. The molecule has 4 heterocycles. The molecule has 272 valence electrons. The van der Waals surface area contributed by atoms with Crippen molar-refractivity contribution in [1.82, 2.24) is 0 Å². The minimum atomic E-state index is -2.78. The van der Waals surface area contributed by atoms with Crippen molar-refractivity contribution in [2.75, 3.05) is 4.90 Å². The maximum atomic E-state index is 2.71. The van der Waals surface area contributed by atoms with Crippen LogP contribution in [0.25, 0.3) is 0 Å². The first kappa shape index (κ1) is 33.3. The molecular weight excluding hydrogens is 740 g/mol. The first-order valence-corrected chi connectivity index (χ1v) is 24.9. The lowest BCUT2D eigenvalue weighted by molar-refractivity contribution is 1.31. The highest BCUT2D eigenvalue weighted by Crippen LogP contribution is 2.38. The third-order valence-corrected chi connectivity index (χ3v) is 24.0. The van der Waals surface area contributed by atoms with Crippen molar-refractivity contribution in [3.8, 4) is 0 Å². The van der Waals surface area contributed by atoms with Crippen LogP contribution in [0, 0.1) is 0 Å². The maximum Gasteiger partial charge on any atom is 0.246 e. The van der Waals surface area contributed by atoms with Crippen LogP contribution in [0.1, 0.15) is 0 Å². The van der Waals surface area contributed by atoms with Gasteiger partial charge in [-0.15, -0.1) is 0 Å². The Hall–Kier alpha value is -6.66. The second kappa shape index (κ2) is 12.4. The lowest BCUT2D eigenvalue weighted by atomic mass is 9.30. The van der Waals surface area contributed by atoms with Gasteiger partial charge in [0.15, 0.2) is 16.1 Å². The van der Waals surface area contributed by atoms with E-state index in [2.05, 4.69) is 229 Å². The van der Waals surface area contributed by atoms with Crippen molar-refractivity contribution in [3.05, 3.63) is 224 Å². The van der Waals surface area contributed by atoms with Gasteiger partial charge in [-0.3, -0.25) is 0 Å². The minimum Gasteiger partial charge on any atom is -0.313 e. The molecule has 9 aromatic rings. The van der Waals surface area contributed by atoms with Crippen molar-refractivity contribution >= 4 is 121 Å². The highest BCUT2D eigenvalue weighted by Gasteiger charge is 2.57. The molecule has 0 saturated carbocycles. The summed E-state index contributed by atoms with van der Waals surface area (Å²) in [6, 6.07) is 86.6. The van der Waals surface area contributed by atoms with E-state index in [1.54, 1.807) is 0 Å². The van der Waals surface area contributed by atoms with Crippen LogP contribution in [0.15, 0.2) is 224 Å². The molecule has 0 bridgehead atoms. The van der Waals surface area contributed by atoms with Gasteiger partial charge in [-0.25, -0.2) is 0 Å². The van der Waals surface area contributed by atoms with Gasteiger partial charge >= 0.3 is 0 Å². The lowest BCUT2D eigenvalue weighted by Crippen LogP contribution is -2.89.